The summed E-state index contributed by atoms with van der Waals surface area (Å²) < 4.78 is 11.9. The van der Waals surface area contributed by atoms with Crippen molar-refractivity contribution in [3.63, 3.8) is 0 Å². The van der Waals surface area contributed by atoms with Crippen LogP contribution >= 0.6 is 0 Å². The van der Waals surface area contributed by atoms with E-state index in [0.717, 1.165) is 50.8 Å². The van der Waals surface area contributed by atoms with Gasteiger partial charge in [-0.25, -0.2) is 0 Å². The van der Waals surface area contributed by atoms with Gasteiger partial charge < -0.3 is 20.2 Å². The van der Waals surface area contributed by atoms with E-state index in [1.807, 2.05) is 13.0 Å². The van der Waals surface area contributed by atoms with Crippen LogP contribution in [0, 0.1) is 6.92 Å². The van der Waals surface area contributed by atoms with Crippen LogP contribution in [0.4, 0.5) is 0 Å². The molecule has 0 radical (unpaired) electrons. The lowest BCUT2D eigenvalue weighted by molar-refractivity contribution is -0.0640. The minimum Gasteiger partial charge on any atom is -0.464 e. The molecule has 0 bridgehead atoms. The van der Waals surface area contributed by atoms with Gasteiger partial charge in [-0.05, 0) is 41.8 Å². The Morgan fingerprint density at radius 1 is 1.18 bits per heavy atom. The van der Waals surface area contributed by atoms with E-state index in [-0.39, 0.29) is 0 Å². The highest BCUT2D eigenvalue weighted by atomic mass is 16.5. The monoisotopic (exact) mass is 374 g/mol. The summed E-state index contributed by atoms with van der Waals surface area (Å²) in [6.07, 6.45) is 5.22. The molecule has 28 heavy (non-hydrogen) atoms. The molecule has 3 heterocycles. The molecule has 0 saturated carbocycles. The van der Waals surface area contributed by atoms with Crippen molar-refractivity contribution in [2.24, 2.45) is 5.73 Å². The van der Waals surface area contributed by atoms with Gasteiger partial charge in [0.25, 0.3) is 0 Å². The molecule has 5 rings (SSSR count). The topological polar surface area (TPSA) is 86.2 Å². The average Bonchev–Trinajstić information content (AvgIpc) is 3.13. The molecule has 0 aliphatic carbocycles. The van der Waals surface area contributed by atoms with Crippen LogP contribution in [-0.2, 0) is 10.3 Å². The zero-order valence-electron chi connectivity index (χ0n) is 15.7. The summed E-state index contributed by atoms with van der Waals surface area (Å²) in [5, 5.41) is 4.52. The third kappa shape index (κ3) is 2.69. The minimum atomic E-state index is -0.565. The standard InChI is InChI=1S/C22H22N4O2/c1-14-11-27-20-8-15(2-3-17(14)20)18-9-16(10-19-21(18)26-5-4-25-19)22(12-23)13-24-6-7-28-22/h2-5,8-11,24H,6-7,12-13,23H2,1H3. The number of fused-ring (bicyclic) bond motifs is 2. The zero-order valence-corrected chi connectivity index (χ0v) is 15.7. The summed E-state index contributed by atoms with van der Waals surface area (Å²) in [4.78, 5) is 9.15. The number of nitrogens with zero attached hydrogens (tertiary/aromatic N) is 2. The Kier molecular flexibility index (Phi) is 4.12. The molecule has 2 aromatic carbocycles. The second-order valence-electron chi connectivity index (χ2n) is 7.30. The summed E-state index contributed by atoms with van der Waals surface area (Å²) in [5.41, 5.74) is 12.3. The van der Waals surface area contributed by atoms with Gasteiger partial charge in [-0.2, -0.15) is 0 Å². The SMILES string of the molecule is Cc1coc2cc(-c3cc(C4(CN)CNCCO4)cc4nccnc34)ccc12. The summed E-state index contributed by atoms with van der Waals surface area (Å²) in [7, 11) is 0. The fourth-order valence-electron chi connectivity index (χ4n) is 3.98. The van der Waals surface area contributed by atoms with Gasteiger partial charge >= 0.3 is 0 Å². The molecule has 0 spiro atoms. The van der Waals surface area contributed by atoms with Crippen molar-refractivity contribution in [1.82, 2.24) is 15.3 Å². The Morgan fingerprint density at radius 2 is 2.07 bits per heavy atom. The molecular formula is C22H22N4O2. The molecule has 1 atom stereocenters. The van der Waals surface area contributed by atoms with Crippen LogP contribution in [0.25, 0.3) is 33.1 Å². The molecule has 3 N–H and O–H groups in total. The summed E-state index contributed by atoms with van der Waals surface area (Å²) in [6, 6.07) is 10.4. The normalized spacial score (nSPS) is 20.1. The van der Waals surface area contributed by atoms with Crippen molar-refractivity contribution in [2.75, 3.05) is 26.2 Å². The van der Waals surface area contributed by atoms with E-state index in [4.69, 9.17) is 14.9 Å². The number of furan rings is 1. The molecule has 4 aromatic rings. The number of morpholine rings is 1. The highest BCUT2D eigenvalue weighted by Crippen LogP contribution is 2.36. The van der Waals surface area contributed by atoms with E-state index in [2.05, 4.69) is 39.6 Å². The van der Waals surface area contributed by atoms with Crippen molar-refractivity contribution in [2.45, 2.75) is 12.5 Å². The van der Waals surface area contributed by atoms with Crippen LogP contribution in [0.15, 0.2) is 53.4 Å². The number of hydrogen-bond donors (Lipinski definition) is 2. The maximum absolute atomic E-state index is 6.16. The molecule has 1 aliphatic rings. The first-order valence-electron chi connectivity index (χ1n) is 9.48. The largest absolute Gasteiger partial charge is 0.464 e. The van der Waals surface area contributed by atoms with Crippen LogP contribution in [-0.4, -0.2) is 36.2 Å². The Morgan fingerprint density at radius 3 is 2.89 bits per heavy atom. The molecule has 0 amide bonds. The number of nitrogens with two attached hydrogens (primary N) is 1. The van der Waals surface area contributed by atoms with Crippen LogP contribution in [0.5, 0.6) is 0 Å². The van der Waals surface area contributed by atoms with Gasteiger partial charge in [-0.15, -0.1) is 0 Å². The lowest BCUT2D eigenvalue weighted by Gasteiger charge is -2.37. The number of benzene rings is 2. The van der Waals surface area contributed by atoms with Crippen LogP contribution in [0.2, 0.25) is 0 Å². The molecule has 142 valence electrons. The number of hydrogen-bond acceptors (Lipinski definition) is 6. The van der Waals surface area contributed by atoms with Crippen molar-refractivity contribution in [3.05, 3.63) is 60.1 Å². The molecular weight excluding hydrogens is 352 g/mol. The quantitative estimate of drug-likeness (QED) is 0.573. The Balaban J connectivity index is 1.74. The summed E-state index contributed by atoms with van der Waals surface area (Å²) in [6.45, 7) is 4.57. The van der Waals surface area contributed by atoms with E-state index in [9.17, 15) is 0 Å². The van der Waals surface area contributed by atoms with Crippen molar-refractivity contribution in [1.29, 1.82) is 0 Å². The molecule has 1 saturated heterocycles. The summed E-state index contributed by atoms with van der Waals surface area (Å²) in [5.74, 6) is 0. The third-order valence-corrected chi connectivity index (χ3v) is 5.58. The Labute approximate surface area is 162 Å². The molecule has 6 heteroatoms. The van der Waals surface area contributed by atoms with Gasteiger partial charge in [0.2, 0.25) is 0 Å². The molecule has 2 aromatic heterocycles. The minimum absolute atomic E-state index is 0.390. The number of aryl methyl sites for hydroxylation is 1. The average molecular weight is 374 g/mol. The first-order chi connectivity index (χ1) is 13.7. The molecule has 1 aliphatic heterocycles. The van der Waals surface area contributed by atoms with E-state index < -0.39 is 5.60 Å². The highest BCUT2D eigenvalue weighted by molar-refractivity contribution is 5.95. The second-order valence-corrected chi connectivity index (χ2v) is 7.30. The zero-order chi connectivity index (χ0) is 19.1. The predicted octanol–water partition coefficient (Wildman–Crippen LogP) is 3.13. The number of aromatic nitrogens is 2. The smallest absolute Gasteiger partial charge is 0.134 e. The first kappa shape index (κ1) is 17.3. The van der Waals surface area contributed by atoms with Gasteiger partial charge in [0.05, 0.1) is 23.9 Å². The maximum Gasteiger partial charge on any atom is 0.134 e. The van der Waals surface area contributed by atoms with Gasteiger partial charge in [0, 0.05) is 43.0 Å². The van der Waals surface area contributed by atoms with Crippen molar-refractivity contribution >= 4 is 22.0 Å². The van der Waals surface area contributed by atoms with E-state index in [0.29, 0.717) is 19.7 Å². The fraction of sp³-hybridized carbons (Fsp3) is 0.273. The van der Waals surface area contributed by atoms with Gasteiger partial charge in [0.1, 0.15) is 11.2 Å². The second kappa shape index (κ2) is 6.67. The molecule has 1 unspecified atom stereocenters. The number of nitrogens with one attached hydrogen (secondary N) is 1. The predicted molar refractivity (Wildman–Crippen MR) is 109 cm³/mol. The van der Waals surface area contributed by atoms with Crippen LogP contribution < -0.4 is 11.1 Å². The van der Waals surface area contributed by atoms with Crippen molar-refractivity contribution < 1.29 is 9.15 Å². The lowest BCUT2D eigenvalue weighted by atomic mass is 9.88. The maximum atomic E-state index is 6.16. The highest BCUT2D eigenvalue weighted by Gasteiger charge is 2.35. The fourth-order valence-corrected chi connectivity index (χ4v) is 3.98. The Bertz CT molecular complexity index is 1160. The van der Waals surface area contributed by atoms with Gasteiger partial charge in [0.15, 0.2) is 0 Å². The van der Waals surface area contributed by atoms with E-state index >= 15 is 0 Å². The molecule has 6 nitrogen and oxygen atoms in total. The lowest BCUT2D eigenvalue weighted by Crippen LogP contribution is -2.51. The number of ether oxygens (including phenoxy) is 1. The molecule has 1 fully saturated rings. The number of rotatable bonds is 3. The first-order valence-corrected chi connectivity index (χ1v) is 9.48. The van der Waals surface area contributed by atoms with Gasteiger partial charge in [-0.3, -0.25) is 9.97 Å². The Hall–Kier alpha value is -2.80. The van der Waals surface area contributed by atoms with Crippen molar-refractivity contribution in [3.8, 4) is 11.1 Å². The van der Waals surface area contributed by atoms with Crippen LogP contribution in [0.1, 0.15) is 11.1 Å². The third-order valence-electron chi connectivity index (χ3n) is 5.58. The van der Waals surface area contributed by atoms with E-state index in [1.165, 1.54) is 0 Å². The van der Waals surface area contributed by atoms with Crippen LogP contribution in [0.3, 0.4) is 0 Å². The van der Waals surface area contributed by atoms with E-state index in [1.54, 1.807) is 18.7 Å². The summed E-state index contributed by atoms with van der Waals surface area (Å²) >= 11 is 0. The van der Waals surface area contributed by atoms with Gasteiger partial charge in [-0.1, -0.05) is 12.1 Å².